The van der Waals surface area contributed by atoms with Crippen molar-refractivity contribution in [2.45, 2.75) is 39.2 Å². The van der Waals surface area contributed by atoms with Gasteiger partial charge < -0.3 is 9.99 Å². The van der Waals surface area contributed by atoms with Gasteiger partial charge in [-0.3, -0.25) is 0 Å². The Bertz CT molecular complexity index is 589. The van der Waals surface area contributed by atoms with E-state index in [1.807, 2.05) is 19.3 Å². The van der Waals surface area contributed by atoms with Crippen LogP contribution < -0.4 is 11.3 Å². The standard InChI is InChI=1S/C13H18N6/c1-9-6-12(18-14)17-13(16-9)7-19-8-15-10-4-2-3-5-11(10)19/h6,8H,2-5,7,14H2,1H3,(H,16,17,18). The average Bonchev–Trinajstić information content (AvgIpc) is 2.82. The van der Waals surface area contributed by atoms with Crippen LogP contribution in [0.1, 0.15) is 35.7 Å². The first kappa shape index (κ1) is 12.1. The van der Waals surface area contributed by atoms with Crippen LogP contribution in [0.3, 0.4) is 0 Å². The van der Waals surface area contributed by atoms with Crippen molar-refractivity contribution >= 4 is 5.82 Å². The van der Waals surface area contributed by atoms with Crippen molar-refractivity contribution in [1.29, 1.82) is 0 Å². The van der Waals surface area contributed by atoms with Crippen LogP contribution in [0.15, 0.2) is 12.4 Å². The molecular weight excluding hydrogens is 240 g/mol. The first-order chi connectivity index (χ1) is 9.26. The van der Waals surface area contributed by atoms with Crippen LogP contribution in [0.2, 0.25) is 0 Å². The molecule has 0 aliphatic heterocycles. The van der Waals surface area contributed by atoms with E-state index in [1.54, 1.807) is 0 Å². The number of anilines is 1. The fraction of sp³-hybridized carbons (Fsp3) is 0.462. The van der Waals surface area contributed by atoms with Crippen molar-refractivity contribution in [2.75, 3.05) is 5.43 Å². The van der Waals surface area contributed by atoms with Gasteiger partial charge in [0.25, 0.3) is 0 Å². The number of aryl methyl sites for hydroxylation is 2. The van der Waals surface area contributed by atoms with Gasteiger partial charge in [0, 0.05) is 17.5 Å². The Morgan fingerprint density at radius 3 is 3.00 bits per heavy atom. The zero-order chi connectivity index (χ0) is 13.2. The van der Waals surface area contributed by atoms with Crippen LogP contribution in [-0.4, -0.2) is 19.5 Å². The van der Waals surface area contributed by atoms with Crippen LogP contribution in [0.5, 0.6) is 0 Å². The molecule has 2 aromatic rings. The normalized spacial score (nSPS) is 14.2. The van der Waals surface area contributed by atoms with Gasteiger partial charge in [-0.25, -0.2) is 20.8 Å². The van der Waals surface area contributed by atoms with Gasteiger partial charge in [0.2, 0.25) is 0 Å². The number of hydrogen-bond donors (Lipinski definition) is 2. The van der Waals surface area contributed by atoms with Gasteiger partial charge in [0.1, 0.15) is 5.82 Å². The van der Waals surface area contributed by atoms with Crippen molar-refractivity contribution in [3.63, 3.8) is 0 Å². The fourth-order valence-corrected chi connectivity index (χ4v) is 2.59. The maximum atomic E-state index is 5.41. The lowest BCUT2D eigenvalue weighted by molar-refractivity contribution is 0.619. The molecule has 0 unspecified atom stereocenters. The summed E-state index contributed by atoms with van der Waals surface area (Å²) in [7, 11) is 0. The largest absolute Gasteiger partial charge is 0.327 e. The summed E-state index contributed by atoms with van der Waals surface area (Å²) in [6.45, 7) is 2.59. The highest BCUT2D eigenvalue weighted by molar-refractivity contribution is 5.34. The molecule has 0 amide bonds. The van der Waals surface area contributed by atoms with Crippen LogP contribution in [0.25, 0.3) is 0 Å². The van der Waals surface area contributed by atoms with E-state index in [0.717, 1.165) is 24.4 Å². The molecule has 0 saturated heterocycles. The van der Waals surface area contributed by atoms with Gasteiger partial charge in [-0.15, -0.1) is 0 Å². The zero-order valence-corrected chi connectivity index (χ0v) is 11.1. The highest BCUT2D eigenvalue weighted by atomic mass is 15.3. The molecular formula is C13H18N6. The number of nitrogens with two attached hydrogens (primary N) is 1. The molecule has 6 heteroatoms. The Kier molecular flexibility index (Phi) is 3.16. The van der Waals surface area contributed by atoms with Crippen LogP contribution in [0, 0.1) is 6.92 Å². The molecule has 6 nitrogen and oxygen atoms in total. The second-order valence-corrected chi connectivity index (χ2v) is 4.93. The molecule has 0 aromatic carbocycles. The number of hydrazine groups is 1. The topological polar surface area (TPSA) is 81.6 Å². The maximum absolute atomic E-state index is 5.41. The second-order valence-electron chi connectivity index (χ2n) is 4.93. The summed E-state index contributed by atoms with van der Waals surface area (Å²) in [4.78, 5) is 13.3. The van der Waals surface area contributed by atoms with Crippen LogP contribution in [-0.2, 0) is 19.4 Å². The fourth-order valence-electron chi connectivity index (χ4n) is 2.59. The monoisotopic (exact) mass is 258 g/mol. The number of imidazole rings is 1. The Morgan fingerprint density at radius 2 is 2.16 bits per heavy atom. The molecule has 0 atom stereocenters. The van der Waals surface area contributed by atoms with E-state index in [2.05, 4.69) is 24.9 Å². The highest BCUT2D eigenvalue weighted by Gasteiger charge is 2.15. The van der Waals surface area contributed by atoms with E-state index in [9.17, 15) is 0 Å². The lowest BCUT2D eigenvalue weighted by Gasteiger charge is -2.14. The Morgan fingerprint density at radius 1 is 1.32 bits per heavy atom. The number of hydrogen-bond acceptors (Lipinski definition) is 5. The molecule has 0 radical (unpaired) electrons. The third-order valence-corrected chi connectivity index (χ3v) is 3.47. The van der Waals surface area contributed by atoms with Crippen molar-refractivity contribution in [3.05, 3.63) is 35.3 Å². The van der Waals surface area contributed by atoms with E-state index in [1.165, 1.54) is 24.2 Å². The number of nitrogen functional groups attached to an aromatic ring is 1. The van der Waals surface area contributed by atoms with Crippen molar-refractivity contribution in [3.8, 4) is 0 Å². The number of nitrogens with one attached hydrogen (secondary N) is 1. The molecule has 0 spiro atoms. The molecule has 2 aromatic heterocycles. The summed E-state index contributed by atoms with van der Waals surface area (Å²) in [6.07, 6.45) is 6.57. The minimum absolute atomic E-state index is 0.650. The summed E-state index contributed by atoms with van der Waals surface area (Å²) in [6, 6.07) is 1.83. The van der Waals surface area contributed by atoms with Gasteiger partial charge in [-0.1, -0.05) is 0 Å². The quantitative estimate of drug-likeness (QED) is 0.638. The summed E-state index contributed by atoms with van der Waals surface area (Å²) in [5.41, 5.74) is 6.05. The lowest BCUT2D eigenvalue weighted by atomic mass is 10.0. The first-order valence-electron chi connectivity index (χ1n) is 6.60. The van der Waals surface area contributed by atoms with Gasteiger partial charge in [-0.05, 0) is 32.6 Å². The molecule has 0 bridgehead atoms. The van der Waals surface area contributed by atoms with E-state index < -0.39 is 0 Å². The first-order valence-corrected chi connectivity index (χ1v) is 6.60. The third kappa shape index (κ3) is 2.44. The number of aromatic nitrogens is 4. The third-order valence-electron chi connectivity index (χ3n) is 3.47. The summed E-state index contributed by atoms with van der Waals surface area (Å²) >= 11 is 0. The summed E-state index contributed by atoms with van der Waals surface area (Å²) in [5, 5.41) is 0. The molecule has 100 valence electrons. The summed E-state index contributed by atoms with van der Waals surface area (Å²) in [5.74, 6) is 6.82. The molecule has 1 aliphatic rings. The molecule has 19 heavy (non-hydrogen) atoms. The van der Waals surface area contributed by atoms with Gasteiger partial charge in [0.15, 0.2) is 5.82 Å². The van der Waals surface area contributed by atoms with E-state index in [0.29, 0.717) is 12.4 Å². The Hall–Kier alpha value is -1.95. The number of nitrogens with zero attached hydrogens (tertiary/aromatic N) is 4. The zero-order valence-electron chi connectivity index (χ0n) is 11.1. The van der Waals surface area contributed by atoms with E-state index in [-0.39, 0.29) is 0 Å². The molecule has 1 aliphatic carbocycles. The van der Waals surface area contributed by atoms with Crippen LogP contribution in [0.4, 0.5) is 5.82 Å². The van der Waals surface area contributed by atoms with E-state index in [4.69, 9.17) is 5.84 Å². The Balaban J connectivity index is 1.89. The highest BCUT2D eigenvalue weighted by Crippen LogP contribution is 2.20. The predicted molar refractivity (Wildman–Crippen MR) is 72.6 cm³/mol. The van der Waals surface area contributed by atoms with Gasteiger partial charge in [0.05, 0.1) is 18.6 Å². The minimum atomic E-state index is 0.650. The van der Waals surface area contributed by atoms with Gasteiger partial charge in [-0.2, -0.15) is 0 Å². The maximum Gasteiger partial charge on any atom is 0.150 e. The predicted octanol–water partition coefficient (Wildman–Crippen LogP) is 1.19. The van der Waals surface area contributed by atoms with Crippen molar-refractivity contribution in [2.24, 2.45) is 5.84 Å². The van der Waals surface area contributed by atoms with E-state index >= 15 is 0 Å². The molecule has 0 fully saturated rings. The number of fused-ring (bicyclic) bond motifs is 1. The van der Waals surface area contributed by atoms with Crippen molar-refractivity contribution < 1.29 is 0 Å². The Labute approximate surface area is 112 Å². The molecule has 0 saturated carbocycles. The lowest BCUT2D eigenvalue weighted by Crippen LogP contribution is -2.14. The SMILES string of the molecule is Cc1cc(NN)nc(Cn2cnc3c2CCCC3)n1. The van der Waals surface area contributed by atoms with Crippen LogP contribution >= 0.6 is 0 Å². The summed E-state index contributed by atoms with van der Waals surface area (Å²) < 4.78 is 2.16. The van der Waals surface area contributed by atoms with Crippen molar-refractivity contribution in [1.82, 2.24) is 19.5 Å². The second kappa shape index (κ2) is 4.97. The number of rotatable bonds is 3. The molecule has 2 heterocycles. The minimum Gasteiger partial charge on any atom is -0.327 e. The molecule has 3 N–H and O–H groups in total. The average molecular weight is 258 g/mol. The van der Waals surface area contributed by atoms with Gasteiger partial charge >= 0.3 is 0 Å². The smallest absolute Gasteiger partial charge is 0.150 e. The molecule has 3 rings (SSSR count).